The molecule has 0 aliphatic heterocycles. The number of amides is 1. The minimum absolute atomic E-state index is 0.175. The second-order valence-corrected chi connectivity index (χ2v) is 6.59. The number of hydrogen-bond acceptors (Lipinski definition) is 3. The minimum atomic E-state index is -0.177. The van der Waals surface area contributed by atoms with Gasteiger partial charge in [0.25, 0.3) is 5.91 Å². The quantitative estimate of drug-likeness (QED) is 0.916. The first-order valence-corrected chi connectivity index (χ1v) is 8.22. The molecule has 1 aromatic rings. The first kappa shape index (κ1) is 16.2. The van der Waals surface area contributed by atoms with Gasteiger partial charge in [0.1, 0.15) is 11.5 Å². The molecule has 5 heteroatoms. The summed E-state index contributed by atoms with van der Waals surface area (Å²) in [6.07, 6.45) is 7.23. The second kappa shape index (κ2) is 7.21. The number of carbonyl (C=O) groups is 1. The Morgan fingerprint density at radius 1 is 1.38 bits per heavy atom. The SMILES string of the molecule is CCC1CCC(NC(=O)c2nc(C(C)C)ncc2Cl)CC1. The van der Waals surface area contributed by atoms with Gasteiger partial charge in [0.05, 0.1) is 11.2 Å². The van der Waals surface area contributed by atoms with Crippen LogP contribution in [0.2, 0.25) is 5.02 Å². The lowest BCUT2D eigenvalue weighted by Gasteiger charge is -2.28. The van der Waals surface area contributed by atoms with Crippen LogP contribution >= 0.6 is 11.6 Å². The number of nitrogens with zero attached hydrogens (tertiary/aromatic N) is 2. The normalized spacial score (nSPS) is 22.3. The molecule has 1 aliphatic carbocycles. The summed E-state index contributed by atoms with van der Waals surface area (Å²) in [6, 6.07) is 0.244. The van der Waals surface area contributed by atoms with Gasteiger partial charge in [-0.05, 0) is 31.6 Å². The molecule has 1 saturated carbocycles. The van der Waals surface area contributed by atoms with Crippen LogP contribution in [0.3, 0.4) is 0 Å². The summed E-state index contributed by atoms with van der Waals surface area (Å²) < 4.78 is 0. The molecule has 1 heterocycles. The number of nitrogens with one attached hydrogen (secondary N) is 1. The highest BCUT2D eigenvalue weighted by Gasteiger charge is 2.23. The fourth-order valence-corrected chi connectivity index (χ4v) is 2.96. The smallest absolute Gasteiger partial charge is 0.271 e. The van der Waals surface area contributed by atoms with Crippen molar-refractivity contribution in [3.8, 4) is 0 Å². The molecule has 2 rings (SSSR count). The van der Waals surface area contributed by atoms with E-state index in [-0.39, 0.29) is 17.9 Å². The second-order valence-electron chi connectivity index (χ2n) is 6.18. The van der Waals surface area contributed by atoms with Crippen molar-refractivity contribution in [2.24, 2.45) is 5.92 Å². The van der Waals surface area contributed by atoms with Crippen molar-refractivity contribution in [3.05, 3.63) is 22.7 Å². The summed E-state index contributed by atoms with van der Waals surface area (Å²) in [4.78, 5) is 20.9. The van der Waals surface area contributed by atoms with E-state index in [0.29, 0.717) is 16.5 Å². The van der Waals surface area contributed by atoms with Gasteiger partial charge in [-0.3, -0.25) is 4.79 Å². The fourth-order valence-electron chi connectivity index (χ4n) is 2.79. The summed E-state index contributed by atoms with van der Waals surface area (Å²) >= 11 is 6.07. The molecule has 0 spiro atoms. The molecule has 1 aromatic heterocycles. The highest BCUT2D eigenvalue weighted by molar-refractivity contribution is 6.33. The highest BCUT2D eigenvalue weighted by atomic mass is 35.5. The molecular weight excluding hydrogens is 286 g/mol. The third-order valence-electron chi connectivity index (χ3n) is 4.25. The van der Waals surface area contributed by atoms with Crippen molar-refractivity contribution in [2.45, 2.75) is 64.8 Å². The molecular formula is C16H24ClN3O. The van der Waals surface area contributed by atoms with Crippen LogP contribution in [0.1, 0.15) is 75.1 Å². The lowest BCUT2D eigenvalue weighted by atomic mass is 9.84. The molecule has 21 heavy (non-hydrogen) atoms. The van der Waals surface area contributed by atoms with Crippen molar-refractivity contribution < 1.29 is 4.79 Å². The number of carbonyl (C=O) groups excluding carboxylic acids is 1. The zero-order valence-corrected chi connectivity index (χ0v) is 13.8. The standard InChI is InChI=1S/C16H24ClN3O/c1-4-11-5-7-12(8-6-11)19-16(21)14-13(17)9-18-15(20-14)10(2)3/h9-12H,4-8H2,1-3H3,(H,19,21). The topological polar surface area (TPSA) is 54.9 Å². The van der Waals surface area contributed by atoms with Crippen LogP contribution in [0.25, 0.3) is 0 Å². The zero-order valence-electron chi connectivity index (χ0n) is 13.0. The summed E-state index contributed by atoms with van der Waals surface area (Å²) in [7, 11) is 0. The lowest BCUT2D eigenvalue weighted by Crippen LogP contribution is -2.38. The molecule has 0 aromatic carbocycles. The van der Waals surface area contributed by atoms with E-state index in [1.807, 2.05) is 13.8 Å². The fraction of sp³-hybridized carbons (Fsp3) is 0.688. The van der Waals surface area contributed by atoms with E-state index in [1.165, 1.54) is 25.5 Å². The van der Waals surface area contributed by atoms with E-state index in [9.17, 15) is 4.79 Å². The van der Waals surface area contributed by atoms with E-state index in [0.717, 1.165) is 18.8 Å². The van der Waals surface area contributed by atoms with E-state index < -0.39 is 0 Å². The number of aromatic nitrogens is 2. The minimum Gasteiger partial charge on any atom is -0.348 e. The summed E-state index contributed by atoms with van der Waals surface area (Å²) in [5.74, 6) is 1.46. The molecule has 0 unspecified atom stereocenters. The molecule has 1 aliphatic rings. The Balaban J connectivity index is 2.02. The van der Waals surface area contributed by atoms with Crippen molar-refractivity contribution in [1.82, 2.24) is 15.3 Å². The van der Waals surface area contributed by atoms with E-state index >= 15 is 0 Å². The lowest BCUT2D eigenvalue weighted by molar-refractivity contribution is 0.0916. The van der Waals surface area contributed by atoms with Gasteiger partial charge in [0, 0.05) is 12.0 Å². The van der Waals surface area contributed by atoms with Crippen LogP contribution in [0.15, 0.2) is 6.20 Å². The Bertz CT molecular complexity index is 496. The molecule has 1 amide bonds. The van der Waals surface area contributed by atoms with Gasteiger partial charge >= 0.3 is 0 Å². The number of hydrogen-bond donors (Lipinski definition) is 1. The molecule has 1 N–H and O–H groups in total. The Morgan fingerprint density at radius 3 is 2.62 bits per heavy atom. The van der Waals surface area contributed by atoms with Crippen molar-refractivity contribution in [3.63, 3.8) is 0 Å². The summed E-state index contributed by atoms with van der Waals surface area (Å²) in [5.41, 5.74) is 0.299. The average Bonchev–Trinajstić information content (AvgIpc) is 2.48. The van der Waals surface area contributed by atoms with E-state index in [1.54, 1.807) is 0 Å². The third-order valence-corrected chi connectivity index (χ3v) is 4.53. The Morgan fingerprint density at radius 2 is 2.05 bits per heavy atom. The monoisotopic (exact) mass is 309 g/mol. The maximum atomic E-state index is 12.4. The molecule has 0 bridgehead atoms. The predicted octanol–water partition coefficient (Wildman–Crippen LogP) is 3.95. The Hall–Kier alpha value is -1.16. The molecule has 0 saturated heterocycles. The average molecular weight is 310 g/mol. The predicted molar refractivity (Wildman–Crippen MR) is 84.6 cm³/mol. The zero-order chi connectivity index (χ0) is 15.4. The molecule has 1 fully saturated rings. The van der Waals surface area contributed by atoms with Gasteiger partial charge in [0.15, 0.2) is 0 Å². The van der Waals surface area contributed by atoms with E-state index in [2.05, 4.69) is 22.2 Å². The van der Waals surface area contributed by atoms with Crippen molar-refractivity contribution >= 4 is 17.5 Å². The summed E-state index contributed by atoms with van der Waals surface area (Å²) in [5, 5.41) is 3.39. The van der Waals surface area contributed by atoms with Gasteiger partial charge < -0.3 is 5.32 Å². The molecule has 4 nitrogen and oxygen atoms in total. The van der Waals surface area contributed by atoms with Gasteiger partial charge in [-0.2, -0.15) is 0 Å². The summed E-state index contributed by atoms with van der Waals surface area (Å²) in [6.45, 7) is 6.23. The number of halogens is 1. The third kappa shape index (κ3) is 4.16. The largest absolute Gasteiger partial charge is 0.348 e. The van der Waals surface area contributed by atoms with Crippen LogP contribution in [0, 0.1) is 5.92 Å². The maximum Gasteiger partial charge on any atom is 0.271 e. The molecule has 0 atom stereocenters. The van der Waals surface area contributed by atoms with Crippen LogP contribution < -0.4 is 5.32 Å². The van der Waals surface area contributed by atoms with Gasteiger partial charge in [-0.25, -0.2) is 9.97 Å². The Labute approximate surface area is 131 Å². The van der Waals surface area contributed by atoms with Crippen LogP contribution in [0.4, 0.5) is 0 Å². The molecule has 116 valence electrons. The highest BCUT2D eigenvalue weighted by Crippen LogP contribution is 2.27. The molecule has 0 radical (unpaired) electrons. The Kier molecular flexibility index (Phi) is 5.57. The first-order valence-electron chi connectivity index (χ1n) is 7.84. The van der Waals surface area contributed by atoms with Crippen molar-refractivity contribution in [2.75, 3.05) is 0 Å². The van der Waals surface area contributed by atoms with Gasteiger partial charge in [-0.15, -0.1) is 0 Å². The van der Waals surface area contributed by atoms with Crippen LogP contribution in [-0.4, -0.2) is 21.9 Å². The van der Waals surface area contributed by atoms with Crippen LogP contribution in [-0.2, 0) is 0 Å². The van der Waals surface area contributed by atoms with Gasteiger partial charge in [-0.1, -0.05) is 38.8 Å². The van der Waals surface area contributed by atoms with Crippen LogP contribution in [0.5, 0.6) is 0 Å². The first-order chi connectivity index (χ1) is 10.0. The van der Waals surface area contributed by atoms with Crippen molar-refractivity contribution in [1.29, 1.82) is 0 Å². The van der Waals surface area contributed by atoms with Gasteiger partial charge in [0.2, 0.25) is 0 Å². The van der Waals surface area contributed by atoms with E-state index in [4.69, 9.17) is 11.6 Å². The number of rotatable bonds is 4. The maximum absolute atomic E-state index is 12.4.